The second kappa shape index (κ2) is 7.90. The molecule has 0 aliphatic heterocycles. The van der Waals surface area contributed by atoms with Crippen molar-refractivity contribution in [2.45, 2.75) is 52.6 Å². The van der Waals surface area contributed by atoms with E-state index in [1.165, 1.54) is 0 Å². The van der Waals surface area contributed by atoms with E-state index in [-0.39, 0.29) is 0 Å². The first kappa shape index (κ1) is 20.6. The van der Waals surface area contributed by atoms with Gasteiger partial charge in [0.15, 0.2) is 0 Å². The Morgan fingerprint density at radius 1 is 0.741 bits per heavy atom. The van der Waals surface area contributed by atoms with Gasteiger partial charge in [0.1, 0.15) is 0 Å². The average Bonchev–Trinajstić information content (AvgIpc) is 2.61. The molecule has 0 aliphatic rings. The molecule has 27 heavy (non-hydrogen) atoms. The van der Waals surface area contributed by atoms with Crippen LogP contribution in [0.15, 0.2) is 71.7 Å². The summed E-state index contributed by atoms with van der Waals surface area (Å²) in [7, 11) is 0. The molecule has 0 aromatic heterocycles. The lowest BCUT2D eigenvalue weighted by Crippen LogP contribution is -2.16. The second-order valence-corrected chi connectivity index (χ2v) is 8.16. The zero-order valence-electron chi connectivity index (χ0n) is 17.4. The zero-order valence-corrected chi connectivity index (χ0v) is 17.4. The molecule has 0 saturated heterocycles. The maximum Gasteiger partial charge on any atom is 0.0910 e. The molecular weight excluding hydrogens is 328 g/mol. The first-order valence-electron chi connectivity index (χ1n) is 9.24. The normalized spacial score (nSPS) is 11.5. The van der Waals surface area contributed by atoms with Crippen LogP contribution in [-0.4, -0.2) is 6.01 Å². The van der Waals surface area contributed by atoms with Gasteiger partial charge in [-0.1, -0.05) is 60.7 Å². The molecule has 0 heterocycles. The molecule has 2 aromatic carbocycles. The third-order valence-electron chi connectivity index (χ3n) is 4.78. The van der Waals surface area contributed by atoms with E-state index >= 15 is 0 Å². The van der Waals surface area contributed by atoms with Crippen LogP contribution >= 0.6 is 0 Å². The summed E-state index contributed by atoms with van der Waals surface area (Å²) in [5, 5.41) is 0. The van der Waals surface area contributed by atoms with Crippen LogP contribution in [0, 0.1) is 0 Å². The fraction of sp³-hybridized carbons (Fsp3) is 0.320. The summed E-state index contributed by atoms with van der Waals surface area (Å²) in [4.78, 5) is 9.26. The van der Waals surface area contributed by atoms with Crippen LogP contribution in [0.4, 0.5) is 0 Å². The Morgan fingerprint density at radius 3 is 1.44 bits per heavy atom. The van der Waals surface area contributed by atoms with Crippen molar-refractivity contribution in [3.8, 4) is 0 Å². The second-order valence-electron chi connectivity index (χ2n) is 8.16. The van der Waals surface area contributed by atoms with Gasteiger partial charge in [-0.2, -0.15) is 0 Å². The predicted octanol–water partition coefficient (Wildman–Crippen LogP) is 7.10. The fourth-order valence-electron chi connectivity index (χ4n) is 2.73. The minimum atomic E-state index is -0.412. The van der Waals surface area contributed by atoms with E-state index in [1.807, 2.05) is 26.0 Å². The molecule has 140 valence electrons. The first-order chi connectivity index (χ1) is 12.5. The van der Waals surface area contributed by atoms with Crippen molar-refractivity contribution in [3.05, 3.63) is 83.9 Å². The number of hydrogen-bond acceptors (Lipinski definition) is 2. The molecule has 0 atom stereocenters. The van der Waals surface area contributed by atoms with Crippen LogP contribution in [-0.2, 0) is 11.1 Å². The smallest absolute Gasteiger partial charge is 0.0910 e. The molecule has 0 unspecified atom stereocenters. The molecule has 0 aliphatic carbocycles. The van der Waals surface area contributed by atoms with Crippen molar-refractivity contribution in [2.24, 2.45) is 9.98 Å². The van der Waals surface area contributed by atoms with E-state index in [1.54, 1.807) is 0 Å². The molecule has 2 rings (SSSR count). The molecule has 2 aromatic rings. The van der Waals surface area contributed by atoms with Gasteiger partial charge in [-0.3, -0.25) is 0 Å². The third kappa shape index (κ3) is 5.15. The number of allylic oxidation sites excluding steroid dienone is 2. The van der Waals surface area contributed by atoms with Gasteiger partial charge in [-0.25, -0.2) is 9.98 Å². The summed E-state index contributed by atoms with van der Waals surface area (Å²) in [5.41, 5.74) is 5.76. The largest absolute Gasteiger partial charge is 0.215 e. The van der Waals surface area contributed by atoms with Crippen molar-refractivity contribution in [1.29, 1.82) is 0 Å². The van der Waals surface area contributed by atoms with Crippen LogP contribution in [0.3, 0.4) is 0 Å². The molecule has 0 radical (unpaired) electrons. The van der Waals surface area contributed by atoms with E-state index in [4.69, 9.17) is 0 Å². The van der Waals surface area contributed by atoms with Gasteiger partial charge in [0.05, 0.1) is 17.1 Å². The van der Waals surface area contributed by atoms with Crippen LogP contribution in [0.5, 0.6) is 0 Å². The summed E-state index contributed by atoms with van der Waals surface area (Å²) in [5.74, 6) is 0. The summed E-state index contributed by atoms with van der Waals surface area (Å²) in [6.45, 7) is 20.4. The Bertz CT molecular complexity index is 849. The summed E-state index contributed by atoms with van der Waals surface area (Å²) in [6, 6.07) is 19.6. The lowest BCUT2D eigenvalue weighted by Gasteiger charge is -2.21. The van der Waals surface area contributed by atoms with Gasteiger partial charge >= 0.3 is 0 Å². The third-order valence-corrected chi connectivity index (χ3v) is 4.78. The van der Waals surface area contributed by atoms with Gasteiger partial charge < -0.3 is 0 Å². The quantitative estimate of drug-likeness (QED) is 0.492. The van der Waals surface area contributed by atoms with Crippen molar-refractivity contribution in [3.63, 3.8) is 0 Å². The highest BCUT2D eigenvalue weighted by Crippen LogP contribution is 2.28. The highest BCUT2D eigenvalue weighted by atomic mass is 14.9. The molecule has 0 N–H and O–H groups in total. The number of nitrogens with zero attached hydrogens (tertiary/aromatic N) is 2. The van der Waals surface area contributed by atoms with E-state index in [2.05, 4.69) is 93.2 Å². The van der Waals surface area contributed by atoms with Gasteiger partial charge in [0.2, 0.25) is 0 Å². The maximum atomic E-state index is 4.63. The first-order valence-corrected chi connectivity index (χ1v) is 9.24. The van der Waals surface area contributed by atoms with Crippen LogP contribution in [0.1, 0.15) is 63.8 Å². The number of rotatable bonds is 6. The van der Waals surface area contributed by atoms with Crippen molar-refractivity contribution >= 4 is 17.2 Å². The fourth-order valence-corrected chi connectivity index (χ4v) is 2.73. The Kier molecular flexibility index (Phi) is 6.03. The van der Waals surface area contributed by atoms with Crippen molar-refractivity contribution in [2.75, 3.05) is 0 Å². The van der Waals surface area contributed by atoms with Crippen LogP contribution < -0.4 is 0 Å². The monoisotopic (exact) mass is 358 g/mol. The van der Waals surface area contributed by atoms with E-state index in [0.29, 0.717) is 0 Å². The Labute approximate surface area is 164 Å². The van der Waals surface area contributed by atoms with Gasteiger partial charge in [-0.15, -0.1) is 0 Å². The molecular formula is C25H30N2. The highest BCUT2D eigenvalue weighted by molar-refractivity contribution is 5.63. The molecule has 2 heteroatoms. The standard InChI is InChI=1S/C25H30N2/c1-18(2)20-11-9-13-22(15-20)24(5,6)26-17-27-25(7,8)23-14-10-12-21(16-23)19(3)4/h9-16H,1,3H2,2,4-8H3. The Morgan fingerprint density at radius 2 is 1.11 bits per heavy atom. The molecule has 2 nitrogen and oxygen atoms in total. The predicted molar refractivity (Wildman–Crippen MR) is 118 cm³/mol. The number of benzene rings is 2. The Balaban J connectivity index is 2.33. The van der Waals surface area contributed by atoms with Gasteiger partial charge in [-0.05, 0) is 75.9 Å². The molecule has 0 spiro atoms. The highest BCUT2D eigenvalue weighted by Gasteiger charge is 2.21. The number of aliphatic imine (C=N–C) groups is 2. The van der Waals surface area contributed by atoms with Crippen LogP contribution in [0.2, 0.25) is 0 Å². The van der Waals surface area contributed by atoms with Crippen molar-refractivity contribution in [1.82, 2.24) is 0 Å². The summed E-state index contributed by atoms with van der Waals surface area (Å²) >= 11 is 0. The SMILES string of the molecule is C=C(C)c1cccc(C(C)(C)N=C=NC(C)(C)c2cccc(C(=C)C)c2)c1. The number of hydrogen-bond donors (Lipinski definition) is 0. The average molecular weight is 359 g/mol. The Hall–Kier alpha value is -2.70. The molecule has 0 saturated carbocycles. The van der Waals surface area contributed by atoms with Crippen LogP contribution in [0.25, 0.3) is 11.1 Å². The maximum absolute atomic E-state index is 4.63. The van der Waals surface area contributed by atoms with E-state index in [9.17, 15) is 0 Å². The van der Waals surface area contributed by atoms with E-state index < -0.39 is 11.1 Å². The zero-order chi connectivity index (χ0) is 20.2. The summed E-state index contributed by atoms with van der Waals surface area (Å²) in [6.07, 6.45) is 0. The minimum absolute atomic E-state index is 0.412. The molecule has 0 fully saturated rings. The molecule has 0 amide bonds. The van der Waals surface area contributed by atoms with Gasteiger partial charge in [0.25, 0.3) is 0 Å². The molecule has 0 bridgehead atoms. The lowest BCUT2D eigenvalue weighted by atomic mass is 9.92. The lowest BCUT2D eigenvalue weighted by molar-refractivity contribution is 0.545. The minimum Gasteiger partial charge on any atom is -0.215 e. The van der Waals surface area contributed by atoms with Crippen molar-refractivity contribution < 1.29 is 0 Å². The topological polar surface area (TPSA) is 24.7 Å². The summed E-state index contributed by atoms with van der Waals surface area (Å²) < 4.78 is 0. The van der Waals surface area contributed by atoms with Gasteiger partial charge in [0, 0.05) is 0 Å². The van der Waals surface area contributed by atoms with E-state index in [0.717, 1.165) is 33.4 Å².